The number of carbonyl (C=O) groups is 2. The molecule has 0 bridgehead atoms. The third-order valence-electron chi connectivity index (χ3n) is 15.8. The van der Waals surface area contributed by atoms with Crippen LogP contribution in [0, 0.1) is 0 Å². The summed E-state index contributed by atoms with van der Waals surface area (Å²) in [4.78, 5) is 24.5. The summed E-state index contributed by atoms with van der Waals surface area (Å²) in [5.41, 5.74) is 0. The number of allylic oxidation sites excluding steroid dienone is 4. The molecule has 0 aliphatic rings. The third-order valence-corrected chi connectivity index (χ3v) is 15.8. The predicted octanol–water partition coefficient (Wildman–Crippen LogP) is 21.4. The van der Waals surface area contributed by atoms with Gasteiger partial charge in [-0.3, -0.25) is 9.59 Å². The maximum Gasteiger partial charge on any atom is 0.305 e. The predicted molar refractivity (Wildman–Crippen MR) is 324 cm³/mol. The molecule has 0 aliphatic carbocycles. The molecular weight excluding hydrogens is 911 g/mol. The number of nitrogens with one attached hydrogen (secondary N) is 1. The normalized spacial score (nSPS) is 12.6. The van der Waals surface area contributed by atoms with Crippen molar-refractivity contribution in [3.8, 4) is 0 Å². The average Bonchev–Trinajstić information content (AvgIpc) is 3.40. The van der Waals surface area contributed by atoms with Crippen LogP contribution in [0.2, 0.25) is 0 Å². The quantitative estimate of drug-likeness (QED) is 0.0320. The smallest absolute Gasteiger partial charge is 0.305 e. The van der Waals surface area contributed by atoms with Crippen LogP contribution in [-0.4, -0.2) is 47.4 Å². The van der Waals surface area contributed by atoms with Gasteiger partial charge >= 0.3 is 5.97 Å². The molecule has 438 valence electrons. The Hall–Kier alpha value is -1.66. The van der Waals surface area contributed by atoms with Crippen LogP contribution in [0.25, 0.3) is 0 Å². The number of aliphatic hydroxyl groups is 2. The van der Waals surface area contributed by atoms with Crippen LogP contribution in [0.1, 0.15) is 373 Å². The van der Waals surface area contributed by atoms with Gasteiger partial charge in [-0.15, -0.1) is 0 Å². The summed E-state index contributed by atoms with van der Waals surface area (Å²) < 4.78 is 5.48. The first-order chi connectivity index (χ1) is 36.5. The Morgan fingerprint density at radius 3 is 1.07 bits per heavy atom. The first kappa shape index (κ1) is 72.3. The van der Waals surface area contributed by atoms with Gasteiger partial charge in [0.25, 0.3) is 0 Å². The monoisotopic (exact) mass is 1040 g/mol. The largest absolute Gasteiger partial charge is 0.466 e. The molecule has 0 aliphatic heterocycles. The van der Waals surface area contributed by atoms with Crippen molar-refractivity contribution < 1.29 is 24.5 Å². The number of amides is 1. The summed E-state index contributed by atoms with van der Waals surface area (Å²) >= 11 is 0. The van der Waals surface area contributed by atoms with Crippen molar-refractivity contribution in [1.29, 1.82) is 0 Å². The summed E-state index contributed by atoms with van der Waals surface area (Å²) in [6, 6.07) is -0.538. The third kappa shape index (κ3) is 59.6. The Labute approximate surface area is 462 Å². The first-order valence-electron chi connectivity index (χ1n) is 33.6. The maximum absolute atomic E-state index is 12.5. The summed E-state index contributed by atoms with van der Waals surface area (Å²) in [7, 11) is 0. The summed E-state index contributed by atoms with van der Waals surface area (Å²) in [6.45, 7) is 4.94. The zero-order chi connectivity index (χ0) is 53.6. The molecule has 0 heterocycles. The zero-order valence-electron chi connectivity index (χ0n) is 50.1. The number of unbranched alkanes of at least 4 members (excludes halogenated alkanes) is 48. The van der Waals surface area contributed by atoms with E-state index >= 15 is 0 Å². The Morgan fingerprint density at radius 1 is 0.378 bits per heavy atom. The number of hydrogen-bond donors (Lipinski definition) is 3. The molecule has 2 atom stereocenters. The minimum absolute atomic E-state index is 0.00459. The van der Waals surface area contributed by atoms with Crippen LogP contribution in [-0.2, 0) is 14.3 Å². The molecule has 0 saturated carbocycles. The molecule has 6 nitrogen and oxygen atoms in total. The van der Waals surface area contributed by atoms with E-state index in [4.69, 9.17) is 4.74 Å². The van der Waals surface area contributed by atoms with Crippen LogP contribution in [0.15, 0.2) is 24.3 Å². The topological polar surface area (TPSA) is 95.9 Å². The highest BCUT2D eigenvalue weighted by Crippen LogP contribution is 2.19. The van der Waals surface area contributed by atoms with Crippen molar-refractivity contribution in [3.63, 3.8) is 0 Å². The SMILES string of the molecule is CCCC/C=C\C/C=C\CCCCCCCC(=O)OCCCCCCCCCCCCCCCCCCCCCCCCCCCCCCC(=O)NC(CO)C(O)CCCCCCCCCCCCCCCCC. The summed E-state index contributed by atoms with van der Waals surface area (Å²) in [5, 5.41) is 23.3. The van der Waals surface area contributed by atoms with Gasteiger partial charge in [-0.2, -0.15) is 0 Å². The zero-order valence-corrected chi connectivity index (χ0v) is 50.1. The standard InChI is InChI=1S/C68H131NO5/c1-3-5-7-9-11-13-15-17-33-36-40-44-48-52-56-60-66(71)65(64-70)69-67(72)61-57-53-49-45-41-37-34-31-29-27-25-23-21-19-20-22-24-26-28-30-32-35-39-43-47-51-55-59-63-74-68(73)62-58-54-50-46-42-38-18-16-14-12-10-8-6-4-2/h10,12,16,18,65-66,70-71H,3-9,11,13-15,17,19-64H2,1-2H3,(H,69,72)/b12-10-,18-16-. The van der Waals surface area contributed by atoms with Gasteiger partial charge in [0.2, 0.25) is 5.91 Å². The highest BCUT2D eigenvalue weighted by atomic mass is 16.5. The van der Waals surface area contributed by atoms with Crippen molar-refractivity contribution >= 4 is 11.9 Å². The molecule has 0 saturated heterocycles. The van der Waals surface area contributed by atoms with Crippen molar-refractivity contribution in [3.05, 3.63) is 24.3 Å². The van der Waals surface area contributed by atoms with Gasteiger partial charge < -0.3 is 20.3 Å². The molecule has 0 aromatic heterocycles. The van der Waals surface area contributed by atoms with E-state index in [1.807, 2.05) is 0 Å². The van der Waals surface area contributed by atoms with E-state index in [0.717, 1.165) is 51.4 Å². The lowest BCUT2D eigenvalue weighted by Gasteiger charge is -2.22. The van der Waals surface area contributed by atoms with E-state index < -0.39 is 12.1 Å². The summed E-state index contributed by atoms with van der Waals surface area (Å²) in [5.74, 6) is -0.0247. The Kier molecular flexibility index (Phi) is 62.4. The molecular formula is C68H131NO5. The van der Waals surface area contributed by atoms with Crippen LogP contribution < -0.4 is 5.32 Å². The van der Waals surface area contributed by atoms with E-state index in [0.29, 0.717) is 25.9 Å². The lowest BCUT2D eigenvalue weighted by molar-refractivity contribution is -0.143. The molecule has 1 amide bonds. The van der Waals surface area contributed by atoms with Crippen LogP contribution >= 0.6 is 0 Å². The van der Waals surface area contributed by atoms with Gasteiger partial charge in [0.15, 0.2) is 0 Å². The van der Waals surface area contributed by atoms with Gasteiger partial charge in [0, 0.05) is 12.8 Å². The van der Waals surface area contributed by atoms with Crippen molar-refractivity contribution in [1.82, 2.24) is 5.32 Å². The molecule has 0 aromatic carbocycles. The number of esters is 1. The van der Waals surface area contributed by atoms with Crippen molar-refractivity contribution in [2.75, 3.05) is 13.2 Å². The van der Waals surface area contributed by atoms with Crippen LogP contribution in [0.5, 0.6) is 0 Å². The van der Waals surface area contributed by atoms with Gasteiger partial charge in [-0.25, -0.2) is 0 Å². The van der Waals surface area contributed by atoms with Crippen molar-refractivity contribution in [2.45, 2.75) is 386 Å². The molecule has 0 rings (SSSR count). The molecule has 0 radical (unpaired) electrons. The van der Waals surface area contributed by atoms with Gasteiger partial charge in [0.1, 0.15) is 0 Å². The van der Waals surface area contributed by atoms with Crippen LogP contribution in [0.4, 0.5) is 0 Å². The minimum Gasteiger partial charge on any atom is -0.466 e. The number of ether oxygens (including phenoxy) is 1. The first-order valence-corrected chi connectivity index (χ1v) is 33.6. The van der Waals surface area contributed by atoms with E-state index in [-0.39, 0.29) is 18.5 Å². The Bertz CT molecular complexity index is 1150. The van der Waals surface area contributed by atoms with Crippen molar-refractivity contribution in [2.24, 2.45) is 0 Å². The maximum atomic E-state index is 12.5. The molecule has 6 heteroatoms. The fraction of sp³-hybridized carbons (Fsp3) is 0.912. The average molecular weight is 1040 g/mol. The molecule has 2 unspecified atom stereocenters. The number of aliphatic hydroxyl groups excluding tert-OH is 2. The van der Waals surface area contributed by atoms with Crippen LogP contribution in [0.3, 0.4) is 0 Å². The number of hydrogen-bond acceptors (Lipinski definition) is 5. The number of carbonyl (C=O) groups excluding carboxylic acids is 2. The Morgan fingerprint density at radius 2 is 0.689 bits per heavy atom. The molecule has 0 fully saturated rings. The molecule has 3 N–H and O–H groups in total. The minimum atomic E-state index is -0.661. The lowest BCUT2D eigenvalue weighted by Crippen LogP contribution is -2.45. The molecule has 0 spiro atoms. The van der Waals surface area contributed by atoms with Gasteiger partial charge in [-0.1, -0.05) is 334 Å². The highest BCUT2D eigenvalue weighted by Gasteiger charge is 2.20. The van der Waals surface area contributed by atoms with E-state index in [2.05, 4.69) is 43.5 Å². The fourth-order valence-corrected chi connectivity index (χ4v) is 10.6. The van der Waals surface area contributed by atoms with Gasteiger partial charge in [0.05, 0.1) is 25.4 Å². The second-order valence-corrected chi connectivity index (χ2v) is 23.2. The highest BCUT2D eigenvalue weighted by molar-refractivity contribution is 5.76. The molecule has 74 heavy (non-hydrogen) atoms. The summed E-state index contributed by atoms with van der Waals surface area (Å²) in [6.07, 6.45) is 79.3. The van der Waals surface area contributed by atoms with E-state index in [9.17, 15) is 19.8 Å². The van der Waals surface area contributed by atoms with E-state index in [1.165, 1.54) is 289 Å². The Balaban J connectivity index is 3.34. The second-order valence-electron chi connectivity index (χ2n) is 23.2. The number of rotatable bonds is 63. The molecule has 0 aromatic rings. The fourth-order valence-electron chi connectivity index (χ4n) is 10.6. The lowest BCUT2D eigenvalue weighted by atomic mass is 10.0. The van der Waals surface area contributed by atoms with E-state index in [1.54, 1.807) is 0 Å². The van der Waals surface area contributed by atoms with Gasteiger partial charge in [-0.05, 0) is 51.4 Å². The second kappa shape index (κ2) is 63.9.